The molecule has 0 spiro atoms. The van der Waals surface area contributed by atoms with Crippen molar-refractivity contribution in [2.45, 2.75) is 23.3 Å². The fourth-order valence-electron chi connectivity index (χ4n) is 3.54. The van der Waals surface area contributed by atoms with Crippen molar-refractivity contribution >= 4 is 51.7 Å². The predicted octanol–water partition coefficient (Wildman–Crippen LogP) is 1.23. The Bertz CT molecular complexity index is 746. The number of nitrogens with one attached hydrogen (secondary N) is 1. The highest BCUT2D eigenvalue weighted by Gasteiger charge is 2.33. The summed E-state index contributed by atoms with van der Waals surface area (Å²) in [6.45, 7) is 4.49. The Morgan fingerprint density at radius 1 is 1.31 bits per heavy atom. The third-order valence-electron chi connectivity index (χ3n) is 5.37. The minimum absolute atomic E-state index is 0. The molecular weight excluding hydrogens is 529 g/mol. The summed E-state index contributed by atoms with van der Waals surface area (Å²) in [5.74, 6) is 0.697. The summed E-state index contributed by atoms with van der Waals surface area (Å²) in [7, 11) is -1.63. The Morgan fingerprint density at radius 2 is 2.00 bits per heavy atom. The first-order chi connectivity index (χ1) is 13.5. The van der Waals surface area contributed by atoms with Crippen molar-refractivity contribution in [3.8, 4) is 0 Å². The molecule has 0 aromatic carbocycles. The Labute approximate surface area is 194 Å². The molecule has 29 heavy (non-hydrogen) atoms. The number of piperazine rings is 1. The van der Waals surface area contributed by atoms with Crippen molar-refractivity contribution in [1.29, 1.82) is 0 Å². The van der Waals surface area contributed by atoms with Crippen LogP contribution in [0.25, 0.3) is 0 Å². The average Bonchev–Trinajstić information content (AvgIpc) is 3.22. The van der Waals surface area contributed by atoms with Gasteiger partial charge in [0.1, 0.15) is 12.0 Å². The average molecular weight is 559 g/mol. The van der Waals surface area contributed by atoms with Crippen LogP contribution in [0.4, 0.5) is 0 Å². The number of aliphatic imine (C=N–C) groups is 1. The van der Waals surface area contributed by atoms with Crippen LogP contribution in [-0.2, 0) is 20.5 Å². The lowest BCUT2D eigenvalue weighted by Gasteiger charge is -2.39. The molecule has 0 atom stereocenters. The maximum Gasteiger partial charge on any atom is 0.220 e. The van der Waals surface area contributed by atoms with E-state index >= 15 is 0 Å². The van der Waals surface area contributed by atoms with Gasteiger partial charge in [0, 0.05) is 63.8 Å². The van der Waals surface area contributed by atoms with Gasteiger partial charge in [-0.1, -0.05) is 5.16 Å². The van der Waals surface area contributed by atoms with Crippen LogP contribution in [0, 0.1) is 0 Å². The molecule has 1 aromatic rings. The Kier molecular flexibility index (Phi) is 9.51. The van der Waals surface area contributed by atoms with E-state index in [1.54, 1.807) is 13.1 Å². The van der Waals surface area contributed by atoms with Crippen LogP contribution < -0.4 is 5.32 Å². The molecule has 0 radical (unpaired) electrons. The number of rotatable bonds is 6. The number of hydrogen-bond donors (Lipinski definition) is 1. The summed E-state index contributed by atoms with van der Waals surface area (Å²) in [5.41, 5.74) is 0.429. The van der Waals surface area contributed by atoms with Gasteiger partial charge in [-0.25, -0.2) is 8.42 Å². The second-order valence-corrected chi connectivity index (χ2v) is 10.3. The van der Waals surface area contributed by atoms with Gasteiger partial charge in [-0.05, 0) is 19.1 Å². The number of guanidine groups is 1. The molecule has 3 heterocycles. The molecule has 3 rings (SSSR count). The molecular formula is C17H30IN5O4S2. The van der Waals surface area contributed by atoms with Crippen molar-refractivity contribution in [3.05, 3.63) is 18.0 Å². The van der Waals surface area contributed by atoms with Crippen molar-refractivity contribution in [3.63, 3.8) is 0 Å². The minimum Gasteiger partial charge on any atom is -0.381 e. The first-order valence-corrected chi connectivity index (χ1v) is 12.3. The van der Waals surface area contributed by atoms with E-state index in [1.807, 2.05) is 11.8 Å². The topological polar surface area (TPSA) is 100 Å². The molecule has 0 amide bonds. The number of sulfonamides is 1. The van der Waals surface area contributed by atoms with Gasteiger partial charge in [0.15, 0.2) is 5.96 Å². The fourth-order valence-corrected chi connectivity index (χ4v) is 5.75. The molecule has 0 aliphatic carbocycles. The zero-order valence-corrected chi connectivity index (χ0v) is 20.8. The van der Waals surface area contributed by atoms with Crippen LogP contribution in [0.2, 0.25) is 0 Å². The van der Waals surface area contributed by atoms with Gasteiger partial charge >= 0.3 is 0 Å². The summed E-state index contributed by atoms with van der Waals surface area (Å²) in [6, 6.07) is 1.58. The summed E-state index contributed by atoms with van der Waals surface area (Å²) in [5, 5.41) is 7.20. The highest BCUT2D eigenvalue weighted by Crippen LogP contribution is 2.33. The molecule has 2 saturated heterocycles. The number of halogens is 1. The summed E-state index contributed by atoms with van der Waals surface area (Å²) in [4.78, 5) is 6.53. The van der Waals surface area contributed by atoms with Crippen LogP contribution in [0.3, 0.4) is 0 Å². The SMILES string of the molecule is CN=C(NCC1(SC)CCOCC1)N1CCN(S(=O)(=O)Cc2ccon2)CC1.I. The molecule has 2 aliphatic heterocycles. The number of aromatic nitrogens is 1. The lowest BCUT2D eigenvalue weighted by atomic mass is 9.99. The molecule has 9 nitrogen and oxygen atoms in total. The van der Waals surface area contributed by atoms with Gasteiger partial charge in [0.25, 0.3) is 0 Å². The predicted molar refractivity (Wildman–Crippen MR) is 125 cm³/mol. The van der Waals surface area contributed by atoms with Gasteiger partial charge in [-0.2, -0.15) is 16.1 Å². The Morgan fingerprint density at radius 3 is 2.55 bits per heavy atom. The highest BCUT2D eigenvalue weighted by molar-refractivity contribution is 14.0. The standard InChI is InChI=1S/C17H29N5O4S2.HI/c1-18-16(19-14-17(27-2)4-11-25-12-5-17)21-6-8-22(9-7-21)28(23,24)13-15-3-10-26-20-15;/h3,10H,4-9,11-14H2,1-2H3,(H,18,19);1H. The van der Waals surface area contributed by atoms with Crippen LogP contribution in [0.1, 0.15) is 18.5 Å². The Hall–Kier alpha value is -0.570. The number of ether oxygens (including phenoxy) is 1. The quantitative estimate of drug-likeness (QED) is 0.316. The first-order valence-electron chi connectivity index (χ1n) is 9.44. The third kappa shape index (κ3) is 6.45. The van der Waals surface area contributed by atoms with Gasteiger partial charge in [-0.3, -0.25) is 4.99 Å². The molecule has 0 unspecified atom stereocenters. The van der Waals surface area contributed by atoms with Crippen LogP contribution >= 0.6 is 35.7 Å². The molecule has 12 heteroatoms. The fraction of sp³-hybridized carbons (Fsp3) is 0.765. The van der Waals surface area contributed by atoms with Crippen molar-refractivity contribution in [2.24, 2.45) is 4.99 Å². The molecule has 1 aromatic heterocycles. The zero-order valence-electron chi connectivity index (χ0n) is 16.9. The van der Waals surface area contributed by atoms with Crippen molar-refractivity contribution < 1.29 is 17.7 Å². The monoisotopic (exact) mass is 559 g/mol. The molecule has 2 fully saturated rings. The lowest BCUT2D eigenvalue weighted by molar-refractivity contribution is 0.0780. The van der Waals surface area contributed by atoms with E-state index in [1.165, 1.54) is 10.6 Å². The lowest BCUT2D eigenvalue weighted by Crippen LogP contribution is -2.55. The second kappa shape index (κ2) is 11.2. The summed E-state index contributed by atoms with van der Waals surface area (Å²) in [6.07, 6.45) is 5.57. The van der Waals surface area contributed by atoms with E-state index in [2.05, 4.69) is 26.6 Å². The van der Waals surface area contributed by atoms with E-state index in [4.69, 9.17) is 9.26 Å². The first kappa shape index (κ1) is 24.7. The van der Waals surface area contributed by atoms with E-state index in [9.17, 15) is 8.42 Å². The minimum atomic E-state index is -3.40. The second-order valence-electron chi connectivity index (χ2n) is 7.03. The summed E-state index contributed by atoms with van der Waals surface area (Å²) < 4.78 is 37.1. The molecule has 1 N–H and O–H groups in total. The number of thioether (sulfide) groups is 1. The smallest absolute Gasteiger partial charge is 0.220 e. The van der Waals surface area contributed by atoms with Crippen LogP contribution in [-0.4, -0.2) is 92.7 Å². The Balaban J connectivity index is 0.00000300. The highest BCUT2D eigenvalue weighted by atomic mass is 127. The normalized spacial score (nSPS) is 20.9. The maximum atomic E-state index is 12.6. The van der Waals surface area contributed by atoms with Crippen LogP contribution in [0.5, 0.6) is 0 Å². The van der Waals surface area contributed by atoms with Gasteiger partial charge < -0.3 is 19.5 Å². The largest absolute Gasteiger partial charge is 0.381 e. The van der Waals surface area contributed by atoms with Crippen molar-refractivity contribution in [2.75, 3.05) is 59.2 Å². The number of hydrogen-bond acceptors (Lipinski definition) is 7. The van der Waals surface area contributed by atoms with E-state index < -0.39 is 10.0 Å². The van der Waals surface area contributed by atoms with Gasteiger partial charge in [-0.15, -0.1) is 24.0 Å². The third-order valence-corrected chi connectivity index (χ3v) is 8.60. The maximum absolute atomic E-state index is 12.6. The van der Waals surface area contributed by atoms with Crippen LogP contribution in [0.15, 0.2) is 21.8 Å². The van der Waals surface area contributed by atoms with Gasteiger partial charge in [0.05, 0.1) is 5.69 Å². The van der Waals surface area contributed by atoms with E-state index in [-0.39, 0.29) is 34.5 Å². The van der Waals surface area contributed by atoms with Crippen molar-refractivity contribution in [1.82, 2.24) is 19.7 Å². The zero-order chi connectivity index (χ0) is 20.0. The van der Waals surface area contributed by atoms with Gasteiger partial charge in [0.2, 0.25) is 10.0 Å². The molecule has 0 bridgehead atoms. The molecule has 166 valence electrons. The molecule has 0 saturated carbocycles. The molecule has 2 aliphatic rings. The summed E-state index contributed by atoms with van der Waals surface area (Å²) >= 11 is 1.88. The van der Waals surface area contributed by atoms with E-state index in [0.717, 1.165) is 38.6 Å². The van der Waals surface area contributed by atoms with E-state index in [0.29, 0.717) is 31.9 Å². The number of nitrogens with zero attached hydrogens (tertiary/aromatic N) is 4.